The highest BCUT2D eigenvalue weighted by Gasteiger charge is 2.29. The molecule has 2 unspecified atom stereocenters. The van der Waals surface area contributed by atoms with E-state index in [9.17, 15) is 43.2 Å². The normalized spacial score (nSPS) is 14.3. The number of phosphoric acid groups is 2. The molecule has 4 atom stereocenters. The Balaban J connectivity index is 5.05. The van der Waals surface area contributed by atoms with E-state index in [0.717, 1.165) is 243 Å². The van der Waals surface area contributed by atoms with Gasteiger partial charge in [-0.2, -0.15) is 0 Å². The molecule has 0 saturated carbocycles. The van der Waals surface area contributed by atoms with Gasteiger partial charge in [0, 0.05) is 52.1 Å². The third-order valence-electron chi connectivity index (χ3n) is 16.8. The van der Waals surface area contributed by atoms with E-state index < -0.39 is 47.2 Å². The number of carbonyl (C=O) groups excluding carboxylic acids is 4. The lowest BCUT2D eigenvalue weighted by Gasteiger charge is -2.22. The molecule has 0 fully saturated rings. The molecule has 0 aromatic carbocycles. The van der Waals surface area contributed by atoms with Gasteiger partial charge in [-0.15, -0.1) is 0 Å². The van der Waals surface area contributed by atoms with Crippen LogP contribution in [-0.2, 0) is 65.4 Å². The Bertz CT molecular complexity index is 1750. The van der Waals surface area contributed by atoms with Crippen LogP contribution in [0.25, 0.3) is 0 Å². The van der Waals surface area contributed by atoms with E-state index in [1.165, 1.54) is 89.9 Å². The predicted molar refractivity (Wildman–Crippen MR) is 391 cm³/mol. The summed E-state index contributed by atoms with van der Waals surface area (Å²) in [6, 6.07) is 0. The van der Waals surface area contributed by atoms with Gasteiger partial charge in [0.05, 0.1) is 39.6 Å². The smallest absolute Gasteiger partial charge is 0.388 e. The molecule has 0 bridgehead atoms. The summed E-state index contributed by atoms with van der Waals surface area (Å²) in [5.41, 5.74) is 0. The Morgan fingerprint density at radius 3 is 0.656 bits per heavy atom. The van der Waals surface area contributed by atoms with Crippen LogP contribution in [0.3, 0.4) is 0 Å². The molecule has 0 saturated heterocycles. The summed E-state index contributed by atoms with van der Waals surface area (Å²) in [7, 11) is -9.41. The Morgan fingerprint density at radius 1 is 0.240 bits per heavy atom. The average Bonchev–Trinajstić information content (AvgIpc) is 3.47. The molecule has 0 aromatic rings. The van der Waals surface area contributed by atoms with Gasteiger partial charge < -0.3 is 53.0 Å². The van der Waals surface area contributed by atoms with Crippen molar-refractivity contribution < 1.29 is 80.2 Å². The fourth-order valence-electron chi connectivity index (χ4n) is 10.9. The molecule has 0 aromatic heterocycles. The lowest BCUT2D eigenvalue weighted by atomic mass is 10.1. The van der Waals surface area contributed by atoms with Gasteiger partial charge in [-0.25, -0.2) is 9.13 Å². The van der Waals surface area contributed by atoms with Crippen molar-refractivity contribution in [2.24, 2.45) is 0 Å². The summed E-state index contributed by atoms with van der Waals surface area (Å²) < 4.78 is 71.3. The number of rotatable bonds is 82. The number of aliphatic hydroxyl groups excluding tert-OH is 1. The summed E-state index contributed by atoms with van der Waals surface area (Å²) in [6.07, 6.45) is 74.7. The second-order valence-corrected chi connectivity index (χ2v) is 29.0. The third-order valence-corrected chi connectivity index (χ3v) is 18.7. The van der Waals surface area contributed by atoms with Crippen molar-refractivity contribution in [1.29, 1.82) is 0 Å². The van der Waals surface area contributed by atoms with Gasteiger partial charge in [-0.05, 0) is 154 Å². The first-order valence-electron chi connectivity index (χ1n) is 38.7. The van der Waals surface area contributed by atoms with Crippen molar-refractivity contribution in [2.75, 3.05) is 66.1 Å². The maximum Gasteiger partial charge on any atom is 0.472 e. The Kier molecular flexibility index (Phi) is 75.0. The van der Waals surface area contributed by atoms with E-state index in [0.29, 0.717) is 52.1 Å². The number of aldehydes is 4. The minimum atomic E-state index is -4.70. The summed E-state index contributed by atoms with van der Waals surface area (Å²) >= 11 is 0. The summed E-state index contributed by atoms with van der Waals surface area (Å²) in [5.74, 6) is 0. The molecule has 562 valence electrons. The molecule has 0 rings (SSSR count). The molecule has 0 aliphatic rings. The zero-order chi connectivity index (χ0) is 69.7. The lowest BCUT2D eigenvalue weighted by molar-refractivity contribution is -0.108. The molecule has 0 aliphatic carbocycles. The second-order valence-electron chi connectivity index (χ2n) is 26.1. The fourth-order valence-corrected chi connectivity index (χ4v) is 12.4. The van der Waals surface area contributed by atoms with E-state index in [2.05, 4.69) is 48.6 Å². The van der Waals surface area contributed by atoms with Crippen LogP contribution in [0.15, 0.2) is 48.6 Å². The number of ether oxygens (including phenoxy) is 4. The molecule has 0 amide bonds. The predicted octanol–water partition coefficient (Wildman–Crippen LogP) is 20.7. The molecule has 96 heavy (non-hydrogen) atoms. The van der Waals surface area contributed by atoms with Crippen LogP contribution in [0.5, 0.6) is 0 Å². The average molecular weight is 1400 g/mol. The Hall–Kier alpha value is -2.34. The summed E-state index contributed by atoms with van der Waals surface area (Å²) in [5, 5.41) is 10.6. The van der Waals surface area contributed by atoms with Crippen LogP contribution in [0.2, 0.25) is 0 Å². The molecule has 17 nitrogen and oxygen atoms in total. The molecular weight excluding hydrogens is 1260 g/mol. The van der Waals surface area contributed by atoms with E-state index in [1.54, 1.807) is 0 Å². The van der Waals surface area contributed by atoms with Crippen LogP contribution in [0.4, 0.5) is 0 Å². The Morgan fingerprint density at radius 2 is 0.427 bits per heavy atom. The quantitative estimate of drug-likeness (QED) is 0.0222. The van der Waals surface area contributed by atoms with Gasteiger partial charge in [0.15, 0.2) is 0 Å². The highest BCUT2D eigenvalue weighted by molar-refractivity contribution is 7.47. The SMILES string of the molecule is O=CCCCCCC/C=C\CCCCCCCCCO[C@H](COCCCCCCC/C=C\CCCCCCC=O)COP(=O)(O)OCC(O)COP(=O)(O)OC[C@@H](COCCCCCCC/C=C\CCCCCCC=O)OCCCCCCCCC/C=C\CCCCCCC=O. The largest absolute Gasteiger partial charge is 0.472 e. The van der Waals surface area contributed by atoms with Crippen molar-refractivity contribution in [3.8, 4) is 0 Å². The van der Waals surface area contributed by atoms with Crippen LogP contribution in [0, 0.1) is 0 Å². The number of hydrogen-bond donors (Lipinski definition) is 3. The third kappa shape index (κ3) is 75.9. The van der Waals surface area contributed by atoms with Crippen molar-refractivity contribution in [1.82, 2.24) is 0 Å². The Labute approximate surface area is 585 Å². The zero-order valence-electron chi connectivity index (χ0n) is 60.5. The van der Waals surface area contributed by atoms with Gasteiger partial charge in [-0.1, -0.05) is 203 Å². The van der Waals surface area contributed by atoms with E-state index >= 15 is 0 Å². The van der Waals surface area contributed by atoms with E-state index in [1.807, 2.05) is 0 Å². The number of aliphatic hydroxyl groups is 1. The number of unbranched alkanes of at least 4 members (excludes halogenated alkanes) is 44. The van der Waals surface area contributed by atoms with Gasteiger partial charge >= 0.3 is 15.6 Å². The van der Waals surface area contributed by atoms with Gasteiger partial charge in [0.1, 0.15) is 43.5 Å². The van der Waals surface area contributed by atoms with Crippen LogP contribution in [0.1, 0.15) is 334 Å². The van der Waals surface area contributed by atoms with Crippen molar-refractivity contribution >= 4 is 40.8 Å². The van der Waals surface area contributed by atoms with Crippen molar-refractivity contribution in [2.45, 2.75) is 352 Å². The maximum absolute atomic E-state index is 13.1. The van der Waals surface area contributed by atoms with E-state index in [-0.39, 0.29) is 26.4 Å². The summed E-state index contributed by atoms with van der Waals surface area (Å²) in [4.78, 5) is 63.1. The van der Waals surface area contributed by atoms with Crippen LogP contribution in [-0.4, -0.2) is 124 Å². The highest BCUT2D eigenvalue weighted by Crippen LogP contribution is 2.45. The van der Waals surface area contributed by atoms with E-state index in [4.69, 9.17) is 37.0 Å². The molecular formula is C77H142O17P2. The first kappa shape index (κ1) is 93.7. The highest BCUT2D eigenvalue weighted by atomic mass is 31.2. The number of allylic oxidation sites excluding steroid dienone is 8. The standard InChI is InChI=1S/C77H142O17P2/c78-61-53-45-37-29-21-13-5-1-3-9-19-27-35-43-51-59-67-89-76(71-87-65-57-49-41-33-25-17-11-7-15-23-31-39-47-55-63-80)73-93-95(83,84)91-69-75(82)70-92-96(85,86)94-74-77(72-88-66-58-50-42-34-26-18-12-8-16-24-32-40-48-56-64-81)90-68-60-52-44-36-28-20-10-4-2-6-14-22-30-38-46-54-62-79/h1-2,5-8,11-12,61-64,75-77,82H,3-4,9-10,13-60,65-74H2,(H,83,84)(H,85,86)/b5-1-,6-2-,11-7-,12-8-/t76-,77-/m1/s1. The molecule has 0 heterocycles. The van der Waals surface area contributed by atoms with Gasteiger partial charge in [0.25, 0.3) is 0 Å². The zero-order valence-corrected chi connectivity index (χ0v) is 62.2. The molecule has 0 aliphatic heterocycles. The molecule has 0 spiro atoms. The molecule has 0 radical (unpaired) electrons. The van der Waals surface area contributed by atoms with Crippen molar-refractivity contribution in [3.05, 3.63) is 48.6 Å². The lowest BCUT2D eigenvalue weighted by Crippen LogP contribution is -2.27. The van der Waals surface area contributed by atoms with Crippen molar-refractivity contribution in [3.63, 3.8) is 0 Å². The monoisotopic (exact) mass is 1400 g/mol. The molecule has 19 heteroatoms. The van der Waals surface area contributed by atoms with Gasteiger partial charge in [0.2, 0.25) is 0 Å². The maximum atomic E-state index is 13.1. The minimum Gasteiger partial charge on any atom is -0.388 e. The first-order chi connectivity index (χ1) is 47.1. The summed E-state index contributed by atoms with van der Waals surface area (Å²) in [6.45, 7) is 0.240. The van der Waals surface area contributed by atoms with Gasteiger partial charge in [-0.3, -0.25) is 18.1 Å². The first-order valence-corrected chi connectivity index (χ1v) is 41.7. The number of carbonyl (C=O) groups is 4. The fraction of sp³-hybridized carbons (Fsp3) is 0.844. The topological polar surface area (TPSA) is 237 Å². The van der Waals surface area contributed by atoms with Crippen LogP contribution < -0.4 is 0 Å². The molecule has 3 N–H and O–H groups in total. The minimum absolute atomic E-state index is 0.165. The second kappa shape index (κ2) is 76.8. The number of hydrogen-bond acceptors (Lipinski definition) is 15. The van der Waals surface area contributed by atoms with Crippen LogP contribution >= 0.6 is 15.6 Å². The number of phosphoric ester groups is 2.